The highest BCUT2D eigenvalue weighted by atomic mass is 32.2. The molecular weight excluding hydrogens is 653 g/mol. The maximum atomic E-state index is 12.9. The van der Waals surface area contributed by atoms with Crippen LogP contribution in [-0.4, -0.2) is 79.0 Å². The summed E-state index contributed by atoms with van der Waals surface area (Å²) >= 11 is 0. The minimum Gasteiger partial charge on any atom is -0.491 e. The third-order valence-electron chi connectivity index (χ3n) is 7.09. The van der Waals surface area contributed by atoms with Gasteiger partial charge in [-0.2, -0.15) is 0 Å². The standard InChI is InChI=1S/2C17H19N3O3S/c2*1-12-15(18-8-7-16(12)23-10-9-22-2)11-24(21)17-19-13-5-3-4-6-14(13)20-17/h2*3-8H,9-11H2,1-2H3,(H,19,20)/i11D2;. The lowest BCUT2D eigenvalue weighted by Gasteiger charge is -2.11. The van der Waals surface area contributed by atoms with Crippen LogP contribution < -0.4 is 9.47 Å². The molecule has 6 aromatic rings. The van der Waals surface area contributed by atoms with Crippen LogP contribution in [-0.2, 0) is 42.5 Å². The van der Waals surface area contributed by atoms with Crippen LogP contribution in [0.2, 0.25) is 0 Å². The van der Waals surface area contributed by atoms with Gasteiger partial charge in [-0.1, -0.05) is 24.3 Å². The monoisotopic (exact) mass is 692 g/mol. The van der Waals surface area contributed by atoms with Crippen LogP contribution in [0.5, 0.6) is 11.5 Å². The number of benzene rings is 2. The fourth-order valence-corrected chi connectivity index (χ4v) is 6.45. The molecule has 2 N–H and O–H groups in total. The first kappa shape index (κ1) is 32.1. The van der Waals surface area contributed by atoms with Crippen molar-refractivity contribution in [2.45, 2.75) is 35.6 Å². The molecule has 0 amide bonds. The molecule has 4 heterocycles. The topological polar surface area (TPSA) is 154 Å². The number of para-hydroxylation sites is 4. The van der Waals surface area contributed by atoms with Crippen molar-refractivity contribution in [2.24, 2.45) is 0 Å². The zero-order valence-corrected chi connectivity index (χ0v) is 28.7. The molecule has 0 aliphatic carbocycles. The number of pyridine rings is 2. The molecule has 0 aliphatic heterocycles. The lowest BCUT2D eigenvalue weighted by atomic mass is 10.2. The van der Waals surface area contributed by atoms with Gasteiger partial charge in [0.05, 0.1) is 79.7 Å². The van der Waals surface area contributed by atoms with Crippen LogP contribution in [0.1, 0.15) is 25.3 Å². The Morgan fingerprint density at radius 3 is 1.67 bits per heavy atom. The fourth-order valence-electron chi connectivity index (χ4n) is 4.49. The molecule has 0 radical (unpaired) electrons. The van der Waals surface area contributed by atoms with Crippen LogP contribution in [0.25, 0.3) is 22.1 Å². The first-order chi connectivity index (χ1) is 24.1. The van der Waals surface area contributed by atoms with Crippen molar-refractivity contribution in [2.75, 3.05) is 40.6 Å². The van der Waals surface area contributed by atoms with E-state index >= 15 is 0 Å². The number of fused-ring (bicyclic) bond motifs is 2. The molecule has 2 aromatic carbocycles. The zero-order chi connectivity index (χ0) is 35.7. The number of imidazole rings is 2. The van der Waals surface area contributed by atoms with E-state index in [1.54, 1.807) is 51.6 Å². The van der Waals surface area contributed by atoms with E-state index < -0.39 is 27.3 Å². The molecule has 0 fully saturated rings. The number of nitrogens with one attached hydrogen (secondary N) is 2. The summed E-state index contributed by atoms with van der Waals surface area (Å²) in [5.74, 6) is 1.50. The lowest BCUT2D eigenvalue weighted by molar-refractivity contribution is 0.146. The molecule has 12 nitrogen and oxygen atoms in total. The van der Waals surface area contributed by atoms with Gasteiger partial charge in [-0.3, -0.25) is 18.4 Å². The average Bonchev–Trinajstić information content (AvgIpc) is 3.76. The van der Waals surface area contributed by atoms with Gasteiger partial charge < -0.3 is 28.9 Å². The summed E-state index contributed by atoms with van der Waals surface area (Å²) in [6.07, 6.45) is 3.11. The third kappa shape index (κ3) is 8.89. The number of nitrogens with zero attached hydrogens (tertiary/aromatic N) is 4. The van der Waals surface area contributed by atoms with Crippen LogP contribution in [0.4, 0.5) is 0 Å². The molecule has 0 bridgehead atoms. The van der Waals surface area contributed by atoms with Gasteiger partial charge in [0.15, 0.2) is 10.3 Å². The Hall–Kier alpha value is -4.50. The summed E-state index contributed by atoms with van der Waals surface area (Å²) in [5, 5.41) is 0.534. The van der Waals surface area contributed by atoms with Crippen molar-refractivity contribution in [1.29, 1.82) is 0 Å². The summed E-state index contributed by atoms with van der Waals surface area (Å²) in [5.41, 5.74) is 2.97. The summed E-state index contributed by atoms with van der Waals surface area (Å²) in [4.78, 5) is 23.1. The van der Waals surface area contributed by atoms with Gasteiger partial charge in [-0.15, -0.1) is 0 Å². The van der Waals surface area contributed by atoms with Crippen molar-refractivity contribution in [3.63, 3.8) is 0 Å². The second-order valence-corrected chi connectivity index (χ2v) is 12.8. The Morgan fingerprint density at radius 2 is 1.15 bits per heavy atom. The van der Waals surface area contributed by atoms with Crippen LogP contribution >= 0.6 is 0 Å². The minimum atomic E-state index is -2.24. The average molecular weight is 693 g/mol. The van der Waals surface area contributed by atoms with E-state index in [0.717, 1.165) is 28.0 Å². The zero-order valence-electron chi connectivity index (χ0n) is 29.0. The van der Waals surface area contributed by atoms with E-state index in [-0.39, 0.29) is 16.6 Å². The smallest absolute Gasteiger partial charge is 0.197 e. The van der Waals surface area contributed by atoms with Gasteiger partial charge in [-0.25, -0.2) is 9.97 Å². The predicted molar refractivity (Wildman–Crippen MR) is 185 cm³/mol. The van der Waals surface area contributed by atoms with Gasteiger partial charge in [0, 0.05) is 40.5 Å². The largest absolute Gasteiger partial charge is 0.491 e. The molecule has 2 atom stereocenters. The number of hydrogen-bond donors (Lipinski definition) is 2. The van der Waals surface area contributed by atoms with Crippen molar-refractivity contribution < 1.29 is 30.1 Å². The van der Waals surface area contributed by atoms with E-state index in [1.165, 1.54) is 6.20 Å². The van der Waals surface area contributed by atoms with Crippen molar-refractivity contribution in [1.82, 2.24) is 29.9 Å². The maximum Gasteiger partial charge on any atom is 0.197 e. The van der Waals surface area contributed by atoms with Crippen molar-refractivity contribution >= 4 is 43.7 Å². The number of aromatic amines is 2. The first-order valence-corrected chi connectivity index (χ1v) is 17.4. The Bertz CT molecular complexity index is 2040. The minimum absolute atomic E-state index is 0.0613. The number of rotatable bonds is 14. The highest BCUT2D eigenvalue weighted by molar-refractivity contribution is 7.84. The van der Waals surface area contributed by atoms with Crippen molar-refractivity contribution in [3.05, 3.63) is 95.6 Å². The summed E-state index contributed by atoms with van der Waals surface area (Å²) in [6, 6.07) is 18.3. The maximum absolute atomic E-state index is 12.9. The SMILES string of the molecule is COCCOc1ccnc(CS(=O)c2nc3ccccc3[nH]2)c1C.[2H]C([2H])(c1nccc(OCCOC)c1C)S(=O)c1nc2ccccc2[nH]1. The highest BCUT2D eigenvalue weighted by Gasteiger charge is 2.16. The van der Waals surface area contributed by atoms with E-state index in [2.05, 4.69) is 29.9 Å². The van der Waals surface area contributed by atoms with Gasteiger partial charge >= 0.3 is 0 Å². The Labute approximate surface area is 286 Å². The molecule has 252 valence electrons. The van der Waals surface area contributed by atoms with E-state index in [9.17, 15) is 8.42 Å². The van der Waals surface area contributed by atoms with Crippen LogP contribution in [0.15, 0.2) is 83.4 Å². The quantitative estimate of drug-likeness (QED) is 0.146. The number of aromatic nitrogens is 6. The number of methoxy groups -OCH3 is 2. The van der Waals surface area contributed by atoms with Crippen LogP contribution in [0.3, 0.4) is 0 Å². The Balaban J connectivity index is 0.000000195. The Morgan fingerprint density at radius 1 is 0.667 bits per heavy atom. The molecule has 2 unspecified atom stereocenters. The molecule has 48 heavy (non-hydrogen) atoms. The van der Waals surface area contributed by atoms with Gasteiger partial charge in [0.2, 0.25) is 0 Å². The van der Waals surface area contributed by atoms with Gasteiger partial charge in [-0.05, 0) is 50.2 Å². The normalized spacial score (nSPS) is 13.3. The summed E-state index contributed by atoms with van der Waals surface area (Å²) in [7, 11) is -0.179. The van der Waals surface area contributed by atoms with E-state index in [1.807, 2.05) is 43.3 Å². The van der Waals surface area contributed by atoms with Gasteiger partial charge in [0.1, 0.15) is 24.7 Å². The molecule has 6 rings (SSSR count). The predicted octanol–water partition coefficient (Wildman–Crippen LogP) is 5.20. The molecule has 14 heteroatoms. The van der Waals surface area contributed by atoms with E-state index in [0.29, 0.717) is 53.9 Å². The molecular formula is C34H38N6O6S2. The van der Waals surface area contributed by atoms with Gasteiger partial charge in [0.25, 0.3) is 0 Å². The number of hydrogen-bond acceptors (Lipinski definition) is 10. The van der Waals surface area contributed by atoms with E-state index in [4.69, 9.17) is 21.7 Å². The summed E-state index contributed by atoms with van der Waals surface area (Å²) < 4.78 is 63.5. The highest BCUT2D eigenvalue weighted by Crippen LogP contribution is 2.24. The lowest BCUT2D eigenvalue weighted by Crippen LogP contribution is -2.08. The fraction of sp³-hybridized carbons (Fsp3) is 0.294. The van der Waals surface area contributed by atoms with Crippen molar-refractivity contribution in [3.8, 4) is 11.5 Å². The molecule has 4 aromatic heterocycles. The summed E-state index contributed by atoms with van der Waals surface area (Å²) in [6.45, 7) is 5.33. The second-order valence-electron chi connectivity index (χ2n) is 10.3. The third-order valence-corrected chi connectivity index (χ3v) is 9.17. The first-order valence-electron chi connectivity index (χ1n) is 16.0. The second kappa shape index (κ2) is 17.1. The van der Waals surface area contributed by atoms with Crippen LogP contribution in [0, 0.1) is 13.8 Å². The molecule has 0 saturated carbocycles. The molecule has 0 saturated heterocycles. The molecule has 0 spiro atoms. The number of H-pyrrole nitrogens is 2. The molecule has 0 aliphatic rings. The number of ether oxygens (including phenoxy) is 4. The Kier molecular flexibility index (Phi) is 11.4.